The third kappa shape index (κ3) is 17.1. The number of amides is 5. The summed E-state index contributed by atoms with van der Waals surface area (Å²) < 4.78 is 21.8. The first-order valence-electron chi connectivity index (χ1n) is 15.1. The van der Waals surface area contributed by atoms with Gasteiger partial charge in [-0.1, -0.05) is 26.0 Å². The average Bonchev–Trinajstić information content (AvgIpc) is 2.96. The summed E-state index contributed by atoms with van der Waals surface area (Å²) in [7, 11) is 0. The highest BCUT2D eigenvalue weighted by Gasteiger charge is 2.30. The van der Waals surface area contributed by atoms with E-state index in [1.54, 1.807) is 72.7 Å². The van der Waals surface area contributed by atoms with E-state index >= 15 is 0 Å². The lowest BCUT2D eigenvalue weighted by Gasteiger charge is -2.26. The Morgan fingerprint density at radius 1 is 0.870 bits per heavy atom. The van der Waals surface area contributed by atoms with Gasteiger partial charge in [0.25, 0.3) is 5.91 Å². The molecule has 46 heavy (non-hydrogen) atoms. The van der Waals surface area contributed by atoms with Gasteiger partial charge < -0.3 is 40.0 Å². The quantitative estimate of drug-likeness (QED) is 0.0997. The molecule has 2 atom stereocenters. The molecule has 15 heteroatoms. The van der Waals surface area contributed by atoms with Crippen molar-refractivity contribution >= 4 is 35.4 Å². The second-order valence-electron chi connectivity index (χ2n) is 12.4. The Balaban J connectivity index is 2.29. The number of aliphatic hydroxyl groups is 1. The van der Waals surface area contributed by atoms with Crippen LogP contribution in [0.2, 0.25) is 0 Å². The fraction of sp³-hybridized carbons (Fsp3) is 0.645. The maximum absolute atomic E-state index is 12.7. The molecule has 0 saturated carbocycles. The molecule has 6 N–H and O–H groups in total. The van der Waals surface area contributed by atoms with Crippen LogP contribution in [0.3, 0.4) is 0 Å². The number of anilines is 1. The van der Waals surface area contributed by atoms with E-state index in [4.69, 9.17) is 24.1 Å². The second kappa shape index (κ2) is 19.7. The molecule has 0 bridgehead atoms. The van der Waals surface area contributed by atoms with Crippen LogP contribution in [0.5, 0.6) is 0 Å². The summed E-state index contributed by atoms with van der Waals surface area (Å²) in [4.78, 5) is 61.3. The van der Waals surface area contributed by atoms with E-state index in [0.717, 1.165) is 0 Å². The highest BCUT2D eigenvalue weighted by Crippen LogP contribution is 2.12. The predicted octanol–water partition coefficient (Wildman–Crippen LogP) is 1.54. The molecule has 2 unspecified atom stereocenters. The molecule has 0 aliphatic heterocycles. The SMILES string of the molecule is CC(CCOC(C)(C)C(=O)NNC(=O)OC(C)(C)C)OCCOCC(=O)NC(C(=O)NCC(=O)Nc1ccc(CO)cc1)C(C)C. The summed E-state index contributed by atoms with van der Waals surface area (Å²) in [5.74, 6) is -2.24. The molecule has 5 amide bonds. The Kier molecular flexibility index (Phi) is 17.2. The first-order chi connectivity index (χ1) is 21.4. The van der Waals surface area contributed by atoms with E-state index in [9.17, 15) is 24.0 Å². The van der Waals surface area contributed by atoms with E-state index in [2.05, 4.69) is 26.8 Å². The highest BCUT2D eigenvalue weighted by molar-refractivity contribution is 5.96. The standard InChI is InChI=1S/C31H51N5O10/c1-20(2)26(27(40)32-17-24(38)33-23-11-9-22(18-37)10-12-23)34-25(39)19-43-15-16-44-21(3)13-14-45-31(7,8)28(41)35-36-29(42)46-30(4,5)6/h9-12,20-21,26,37H,13-19H2,1-8H3,(H,32,40)(H,33,38)(H,34,39)(H,35,41)(H,36,42). The minimum Gasteiger partial charge on any atom is -0.443 e. The minimum atomic E-state index is -1.23. The topological polar surface area (TPSA) is 203 Å². The van der Waals surface area contributed by atoms with Crippen molar-refractivity contribution in [2.45, 2.75) is 91.8 Å². The van der Waals surface area contributed by atoms with E-state index in [1.165, 1.54) is 0 Å². The lowest BCUT2D eigenvalue weighted by Crippen LogP contribution is -2.52. The van der Waals surface area contributed by atoms with E-state index in [1.807, 2.05) is 6.92 Å². The van der Waals surface area contributed by atoms with Crippen LogP contribution in [0.15, 0.2) is 24.3 Å². The molecule has 0 aliphatic rings. The van der Waals surface area contributed by atoms with Gasteiger partial charge in [-0.15, -0.1) is 0 Å². The van der Waals surface area contributed by atoms with Crippen molar-refractivity contribution in [1.82, 2.24) is 21.5 Å². The summed E-state index contributed by atoms with van der Waals surface area (Å²) in [5, 5.41) is 16.9. The molecule has 0 aliphatic carbocycles. The van der Waals surface area contributed by atoms with Crippen LogP contribution in [-0.2, 0) is 44.7 Å². The Labute approximate surface area is 270 Å². The van der Waals surface area contributed by atoms with Crippen LogP contribution in [0.1, 0.15) is 67.4 Å². The van der Waals surface area contributed by atoms with Gasteiger partial charge >= 0.3 is 6.09 Å². The van der Waals surface area contributed by atoms with Crippen molar-refractivity contribution in [3.05, 3.63) is 29.8 Å². The van der Waals surface area contributed by atoms with Crippen LogP contribution in [-0.4, -0.2) is 91.1 Å². The van der Waals surface area contributed by atoms with Crippen molar-refractivity contribution in [3.63, 3.8) is 0 Å². The van der Waals surface area contributed by atoms with Gasteiger partial charge in [0, 0.05) is 5.69 Å². The van der Waals surface area contributed by atoms with E-state index in [0.29, 0.717) is 17.7 Å². The molecular weight excluding hydrogens is 602 g/mol. The molecule has 0 radical (unpaired) electrons. The zero-order valence-corrected chi connectivity index (χ0v) is 28.1. The zero-order valence-electron chi connectivity index (χ0n) is 28.1. The molecule has 0 aromatic heterocycles. The molecule has 1 aromatic rings. The van der Waals surface area contributed by atoms with E-state index in [-0.39, 0.29) is 51.6 Å². The second-order valence-corrected chi connectivity index (χ2v) is 12.4. The normalized spacial score (nSPS) is 12.9. The summed E-state index contributed by atoms with van der Waals surface area (Å²) in [6, 6.07) is 5.76. The summed E-state index contributed by atoms with van der Waals surface area (Å²) in [5.41, 5.74) is 3.75. The van der Waals surface area contributed by atoms with Crippen molar-refractivity contribution in [2.24, 2.45) is 5.92 Å². The number of aliphatic hydroxyl groups excluding tert-OH is 1. The van der Waals surface area contributed by atoms with Gasteiger partial charge in [0.05, 0.1) is 39.1 Å². The molecule has 0 spiro atoms. The number of nitrogens with one attached hydrogen (secondary N) is 5. The molecule has 0 fully saturated rings. The van der Waals surface area contributed by atoms with E-state index < -0.39 is 47.0 Å². The first-order valence-corrected chi connectivity index (χ1v) is 15.1. The van der Waals surface area contributed by atoms with Crippen molar-refractivity contribution in [2.75, 3.05) is 38.3 Å². The number of carbonyl (C=O) groups excluding carboxylic acids is 5. The number of carbonyl (C=O) groups is 5. The fourth-order valence-electron chi connectivity index (χ4n) is 3.59. The number of hydrogen-bond donors (Lipinski definition) is 6. The first kappa shape index (κ1) is 40.2. The van der Waals surface area contributed by atoms with Crippen LogP contribution in [0.4, 0.5) is 10.5 Å². The Hall–Kier alpha value is -3.79. The van der Waals surface area contributed by atoms with Crippen molar-refractivity contribution in [1.29, 1.82) is 0 Å². The van der Waals surface area contributed by atoms with Gasteiger partial charge in [0.15, 0.2) is 0 Å². The largest absolute Gasteiger partial charge is 0.443 e. The number of hydrogen-bond acceptors (Lipinski definition) is 10. The lowest BCUT2D eigenvalue weighted by atomic mass is 10.0. The lowest BCUT2D eigenvalue weighted by molar-refractivity contribution is -0.145. The summed E-state index contributed by atoms with van der Waals surface area (Å²) >= 11 is 0. The van der Waals surface area contributed by atoms with Gasteiger partial charge in [0.1, 0.15) is 23.9 Å². The smallest absolute Gasteiger partial charge is 0.426 e. The van der Waals surface area contributed by atoms with Crippen LogP contribution < -0.4 is 26.8 Å². The Morgan fingerprint density at radius 3 is 2.11 bits per heavy atom. The summed E-state index contributed by atoms with van der Waals surface area (Å²) in [6.45, 7) is 13.4. The maximum atomic E-state index is 12.7. The molecule has 1 aromatic carbocycles. The number of hydrazine groups is 1. The van der Waals surface area contributed by atoms with Crippen LogP contribution >= 0.6 is 0 Å². The van der Waals surface area contributed by atoms with Crippen LogP contribution in [0, 0.1) is 5.92 Å². The highest BCUT2D eigenvalue weighted by atomic mass is 16.6. The molecular formula is C31H51N5O10. The maximum Gasteiger partial charge on any atom is 0.426 e. The Bertz CT molecular complexity index is 1140. The molecule has 0 heterocycles. The molecule has 15 nitrogen and oxygen atoms in total. The average molecular weight is 654 g/mol. The van der Waals surface area contributed by atoms with Gasteiger partial charge in [-0.25, -0.2) is 10.2 Å². The third-order valence-corrected chi connectivity index (χ3v) is 6.18. The monoisotopic (exact) mass is 653 g/mol. The third-order valence-electron chi connectivity index (χ3n) is 6.18. The van der Waals surface area contributed by atoms with Gasteiger partial charge in [-0.05, 0) is 71.6 Å². The van der Waals surface area contributed by atoms with Gasteiger partial charge in [-0.3, -0.25) is 24.6 Å². The number of benzene rings is 1. The van der Waals surface area contributed by atoms with Crippen molar-refractivity contribution < 1.29 is 48.0 Å². The minimum absolute atomic E-state index is 0.107. The zero-order chi connectivity index (χ0) is 34.9. The van der Waals surface area contributed by atoms with Gasteiger partial charge in [0.2, 0.25) is 17.7 Å². The number of rotatable bonds is 18. The Morgan fingerprint density at radius 2 is 1.52 bits per heavy atom. The fourth-order valence-corrected chi connectivity index (χ4v) is 3.59. The number of ether oxygens (including phenoxy) is 4. The predicted molar refractivity (Wildman–Crippen MR) is 169 cm³/mol. The van der Waals surface area contributed by atoms with Crippen molar-refractivity contribution in [3.8, 4) is 0 Å². The van der Waals surface area contributed by atoms with Gasteiger partial charge in [-0.2, -0.15) is 0 Å². The van der Waals surface area contributed by atoms with Crippen LogP contribution in [0.25, 0.3) is 0 Å². The summed E-state index contributed by atoms with van der Waals surface area (Å²) in [6.07, 6.45) is -0.554. The molecule has 260 valence electrons. The molecule has 1 rings (SSSR count). The molecule has 0 saturated heterocycles.